The van der Waals surface area contributed by atoms with E-state index in [9.17, 15) is 9.18 Å². The molecule has 4 rings (SSSR count). The number of hydrogen-bond donors (Lipinski definition) is 2. The van der Waals surface area contributed by atoms with Gasteiger partial charge in [-0.15, -0.1) is 0 Å². The number of aromatic nitrogens is 3. The molecule has 0 aliphatic carbocycles. The minimum Gasteiger partial charge on any atom is -0.482 e. The van der Waals surface area contributed by atoms with E-state index in [2.05, 4.69) is 15.4 Å². The number of carbonyl (C=O) groups is 1. The van der Waals surface area contributed by atoms with Crippen molar-refractivity contribution < 1.29 is 13.9 Å². The van der Waals surface area contributed by atoms with Crippen LogP contribution in [0.25, 0.3) is 11.3 Å². The van der Waals surface area contributed by atoms with E-state index in [1.165, 1.54) is 12.1 Å². The molecule has 1 amide bonds. The van der Waals surface area contributed by atoms with Gasteiger partial charge in [0, 0.05) is 41.5 Å². The van der Waals surface area contributed by atoms with Gasteiger partial charge in [-0.3, -0.25) is 9.48 Å². The summed E-state index contributed by atoms with van der Waals surface area (Å²) >= 11 is 12.3. The number of anilines is 1. The number of carbonyl (C=O) groups excluding carboxylic acids is 1. The zero-order valence-corrected chi connectivity index (χ0v) is 18.1. The zero-order chi connectivity index (χ0) is 22.1. The van der Waals surface area contributed by atoms with Crippen molar-refractivity contribution in [1.82, 2.24) is 20.1 Å². The van der Waals surface area contributed by atoms with Gasteiger partial charge in [-0.05, 0) is 37.6 Å². The van der Waals surface area contributed by atoms with Gasteiger partial charge in [-0.2, -0.15) is 5.10 Å². The first kappa shape index (κ1) is 21.4. The van der Waals surface area contributed by atoms with E-state index in [-0.39, 0.29) is 27.8 Å². The van der Waals surface area contributed by atoms with Crippen LogP contribution in [0.5, 0.6) is 5.75 Å². The molecule has 1 aliphatic rings. The molecule has 1 aromatic carbocycles. The third-order valence-electron chi connectivity index (χ3n) is 5.17. The van der Waals surface area contributed by atoms with Gasteiger partial charge in [-0.25, -0.2) is 9.37 Å². The normalized spacial score (nSPS) is 17.3. The molecule has 162 valence electrons. The lowest BCUT2D eigenvalue weighted by atomic mass is 10.1. The van der Waals surface area contributed by atoms with Gasteiger partial charge in [0.2, 0.25) is 5.91 Å². The highest BCUT2D eigenvalue weighted by atomic mass is 35.5. The second-order valence-electron chi connectivity index (χ2n) is 7.30. The second kappa shape index (κ2) is 8.72. The summed E-state index contributed by atoms with van der Waals surface area (Å²) in [6.07, 6.45) is 3.96. The quantitative estimate of drug-likeness (QED) is 0.540. The van der Waals surface area contributed by atoms with Crippen molar-refractivity contribution in [2.45, 2.75) is 31.9 Å². The molecule has 7 nitrogen and oxygen atoms in total. The van der Waals surface area contributed by atoms with Crippen molar-refractivity contribution in [1.29, 1.82) is 0 Å². The Morgan fingerprint density at radius 2 is 2.16 bits per heavy atom. The van der Waals surface area contributed by atoms with E-state index >= 15 is 0 Å². The van der Waals surface area contributed by atoms with Crippen LogP contribution in [0.1, 0.15) is 37.5 Å². The molecule has 3 N–H and O–H groups in total. The highest BCUT2D eigenvalue weighted by Gasteiger charge is 2.22. The van der Waals surface area contributed by atoms with Crippen LogP contribution in [0.2, 0.25) is 10.0 Å². The molecule has 0 bridgehead atoms. The number of amides is 1. The number of nitrogen functional groups attached to an aromatic ring is 1. The number of hydrogen-bond acceptors (Lipinski definition) is 5. The van der Waals surface area contributed by atoms with Crippen molar-refractivity contribution in [3.05, 3.63) is 58.1 Å². The SMILES string of the molecule is C[C@@H](Oc1cc(-c2ccn(C3CCNC(=O)C3)n2)cnc1N)c1c(Cl)ccc(F)c1Cl. The van der Waals surface area contributed by atoms with Gasteiger partial charge in [0.15, 0.2) is 11.6 Å². The van der Waals surface area contributed by atoms with E-state index in [0.717, 1.165) is 6.42 Å². The largest absolute Gasteiger partial charge is 0.482 e. The zero-order valence-electron chi connectivity index (χ0n) is 16.6. The number of pyridine rings is 1. The number of ether oxygens (including phenoxy) is 1. The number of rotatable bonds is 5. The van der Waals surface area contributed by atoms with Crippen LogP contribution < -0.4 is 15.8 Å². The van der Waals surface area contributed by atoms with Crippen molar-refractivity contribution in [3.8, 4) is 17.0 Å². The van der Waals surface area contributed by atoms with Crippen LogP contribution >= 0.6 is 23.2 Å². The number of nitrogens with one attached hydrogen (secondary N) is 1. The summed E-state index contributed by atoms with van der Waals surface area (Å²) in [5.74, 6) is -0.101. The van der Waals surface area contributed by atoms with Crippen molar-refractivity contribution in [2.75, 3.05) is 12.3 Å². The van der Waals surface area contributed by atoms with Crippen LogP contribution in [0, 0.1) is 5.82 Å². The van der Waals surface area contributed by atoms with Crippen molar-refractivity contribution >= 4 is 34.9 Å². The Morgan fingerprint density at radius 3 is 2.94 bits per heavy atom. The predicted octanol–water partition coefficient (Wildman–Crippen LogP) is 4.56. The Balaban J connectivity index is 1.58. The average Bonchev–Trinajstić information content (AvgIpc) is 3.23. The highest BCUT2D eigenvalue weighted by molar-refractivity contribution is 6.36. The first-order valence-corrected chi connectivity index (χ1v) is 10.5. The Hall–Kier alpha value is -2.84. The molecule has 0 radical (unpaired) electrons. The Kier molecular flexibility index (Phi) is 6.02. The van der Waals surface area contributed by atoms with Gasteiger partial charge in [-0.1, -0.05) is 23.2 Å². The van der Waals surface area contributed by atoms with Gasteiger partial charge in [0.25, 0.3) is 0 Å². The van der Waals surface area contributed by atoms with Gasteiger partial charge in [0.1, 0.15) is 11.9 Å². The van der Waals surface area contributed by atoms with Gasteiger partial charge in [0.05, 0.1) is 16.8 Å². The molecular weight excluding hydrogens is 444 g/mol. The van der Waals surface area contributed by atoms with Crippen molar-refractivity contribution in [2.24, 2.45) is 0 Å². The molecule has 3 heterocycles. The smallest absolute Gasteiger partial charge is 0.222 e. The van der Waals surface area contributed by atoms with Crippen LogP contribution in [-0.2, 0) is 4.79 Å². The fourth-order valence-corrected chi connectivity index (χ4v) is 4.22. The van der Waals surface area contributed by atoms with E-state index < -0.39 is 11.9 Å². The summed E-state index contributed by atoms with van der Waals surface area (Å²) < 4.78 is 21.6. The standard InChI is InChI=1S/C21H20Cl2FN5O2/c1-11(19-14(22)2-3-15(24)20(19)23)31-17-8-12(10-27-21(17)25)16-5-7-29(28-16)13-4-6-26-18(30)9-13/h2-3,5,7-8,10-11,13H,4,6,9H2,1H3,(H2,25,27)(H,26,30)/t11-,13?/m1/s1. The third-order valence-corrected chi connectivity index (χ3v) is 5.88. The number of piperidine rings is 1. The molecule has 2 atom stereocenters. The van der Waals surface area contributed by atoms with E-state index in [1.54, 1.807) is 23.9 Å². The molecule has 1 fully saturated rings. The van der Waals surface area contributed by atoms with Gasteiger partial charge >= 0.3 is 0 Å². The lowest BCUT2D eigenvalue weighted by Crippen LogP contribution is -2.34. The van der Waals surface area contributed by atoms with Crippen LogP contribution in [0.3, 0.4) is 0 Å². The Bertz CT molecular complexity index is 1140. The Labute approximate surface area is 188 Å². The predicted molar refractivity (Wildman–Crippen MR) is 117 cm³/mol. The minimum absolute atomic E-state index is 0.0113. The number of nitrogens with zero attached hydrogens (tertiary/aromatic N) is 3. The van der Waals surface area contributed by atoms with Gasteiger partial charge < -0.3 is 15.8 Å². The topological polar surface area (TPSA) is 95.1 Å². The first-order chi connectivity index (χ1) is 14.8. The van der Waals surface area contributed by atoms with E-state index in [0.29, 0.717) is 35.5 Å². The van der Waals surface area contributed by atoms with Crippen molar-refractivity contribution in [3.63, 3.8) is 0 Å². The van der Waals surface area contributed by atoms with E-state index in [4.69, 9.17) is 33.7 Å². The summed E-state index contributed by atoms with van der Waals surface area (Å²) in [5, 5.41) is 7.60. The maximum absolute atomic E-state index is 13.9. The molecule has 3 aromatic rings. The fraction of sp³-hybridized carbons (Fsp3) is 0.286. The lowest BCUT2D eigenvalue weighted by Gasteiger charge is -2.22. The summed E-state index contributed by atoms with van der Waals surface area (Å²) in [6.45, 7) is 2.32. The molecular formula is C21H20Cl2FN5O2. The van der Waals surface area contributed by atoms with Crippen LogP contribution in [0.15, 0.2) is 36.7 Å². The number of benzene rings is 1. The number of halogens is 3. The molecule has 2 aromatic heterocycles. The lowest BCUT2D eigenvalue weighted by molar-refractivity contribution is -0.123. The molecule has 1 aliphatic heterocycles. The molecule has 1 unspecified atom stereocenters. The minimum atomic E-state index is -0.673. The summed E-state index contributed by atoms with van der Waals surface area (Å²) in [4.78, 5) is 15.9. The monoisotopic (exact) mass is 463 g/mol. The maximum atomic E-state index is 13.9. The fourth-order valence-electron chi connectivity index (χ4n) is 3.54. The van der Waals surface area contributed by atoms with E-state index in [1.807, 2.05) is 12.3 Å². The molecule has 1 saturated heterocycles. The molecule has 10 heteroatoms. The summed E-state index contributed by atoms with van der Waals surface area (Å²) in [7, 11) is 0. The maximum Gasteiger partial charge on any atom is 0.222 e. The average molecular weight is 464 g/mol. The first-order valence-electron chi connectivity index (χ1n) is 9.71. The Morgan fingerprint density at radius 1 is 1.35 bits per heavy atom. The molecule has 0 spiro atoms. The molecule has 0 saturated carbocycles. The number of nitrogens with two attached hydrogens (primary N) is 1. The third kappa shape index (κ3) is 4.45. The van der Waals surface area contributed by atoms with Crippen LogP contribution in [-0.4, -0.2) is 27.2 Å². The second-order valence-corrected chi connectivity index (χ2v) is 8.09. The highest BCUT2D eigenvalue weighted by Crippen LogP contribution is 2.37. The van der Waals surface area contributed by atoms with Crippen LogP contribution in [0.4, 0.5) is 10.2 Å². The molecule has 31 heavy (non-hydrogen) atoms. The summed E-state index contributed by atoms with van der Waals surface area (Å²) in [5.41, 5.74) is 7.67. The summed E-state index contributed by atoms with van der Waals surface area (Å²) in [6, 6.07) is 6.18.